The van der Waals surface area contributed by atoms with Gasteiger partial charge in [0.15, 0.2) is 35.7 Å². The van der Waals surface area contributed by atoms with Crippen LogP contribution in [0.15, 0.2) is 212 Å². The number of anilines is 1. The van der Waals surface area contributed by atoms with Crippen molar-refractivity contribution in [1.82, 2.24) is 19.5 Å². The standard InChI is InChI=1S/C72H69N5O15/c1-46(2)66(79)75-72-74-65-59(67(76-72)86-43-51-31-17-7-18-32-51)73-58(77(65)68-64(92-71(82)54-37-23-10-24-38-54)62(91-70(81)53-35-21-9-22-36-53)57(90-68)45-87-69(80)52-33-19-8-20-34-52)39-55-60(84-41-49-27-13-5-14-28-49)63(88-47(3)78)61(85-42-50-29-15-6-16-30-50)56(89-55)44-83-40-48-25-11-4-12-26-48/h4-38,46,55-57,60-64,68H,39-45H2,1-3H3,(H,74,75,76,79)/t55-,56-,57-,60-,61-,62-,63-,64-,68-/m1/s1. The summed E-state index contributed by atoms with van der Waals surface area (Å²) in [4.78, 5) is 85.6. The molecule has 2 aliphatic rings. The zero-order valence-corrected chi connectivity index (χ0v) is 50.8. The van der Waals surface area contributed by atoms with Crippen LogP contribution in [0.3, 0.4) is 0 Å². The van der Waals surface area contributed by atoms with Gasteiger partial charge in [-0.3, -0.25) is 19.5 Å². The van der Waals surface area contributed by atoms with Gasteiger partial charge >= 0.3 is 23.9 Å². The number of hydrogen-bond acceptors (Lipinski definition) is 18. The van der Waals surface area contributed by atoms with Crippen molar-refractivity contribution in [3.05, 3.63) is 257 Å². The minimum Gasteiger partial charge on any atom is -0.471 e. The van der Waals surface area contributed by atoms with E-state index in [1.807, 2.05) is 121 Å². The Kier molecular flexibility index (Phi) is 21.2. The highest BCUT2D eigenvalue weighted by molar-refractivity contribution is 5.92. The lowest BCUT2D eigenvalue weighted by Gasteiger charge is -2.45. The third kappa shape index (κ3) is 16.1. The molecule has 20 heteroatoms. The van der Waals surface area contributed by atoms with Crippen LogP contribution in [-0.4, -0.2) is 111 Å². The Morgan fingerprint density at radius 3 is 1.45 bits per heavy atom. The Morgan fingerprint density at radius 2 is 0.935 bits per heavy atom. The molecule has 2 saturated heterocycles. The van der Waals surface area contributed by atoms with Crippen LogP contribution in [0.25, 0.3) is 11.2 Å². The van der Waals surface area contributed by atoms with Crippen molar-refractivity contribution in [2.24, 2.45) is 5.92 Å². The second kappa shape index (κ2) is 30.7. The molecular weight excluding hydrogens is 1170 g/mol. The fourth-order valence-electron chi connectivity index (χ4n) is 10.8. The number of aromatic nitrogens is 4. The molecule has 1 amide bonds. The fraction of sp³-hybridized carbons (Fsp3) is 0.278. The van der Waals surface area contributed by atoms with Gasteiger partial charge in [-0.15, -0.1) is 0 Å². The van der Waals surface area contributed by atoms with E-state index in [4.69, 9.17) is 62.3 Å². The third-order valence-electron chi connectivity index (χ3n) is 15.4. The Labute approximate surface area is 531 Å². The van der Waals surface area contributed by atoms with Gasteiger partial charge in [0.05, 0.1) is 49.2 Å². The molecule has 0 unspecified atom stereocenters. The Hall–Kier alpha value is -9.96. The van der Waals surface area contributed by atoms with E-state index in [2.05, 4.69) is 5.32 Å². The van der Waals surface area contributed by atoms with Gasteiger partial charge in [-0.2, -0.15) is 9.97 Å². The molecule has 0 bridgehead atoms. The summed E-state index contributed by atoms with van der Waals surface area (Å²) in [6, 6.07) is 62.6. The normalized spacial score (nSPS) is 20.2. The molecule has 20 nitrogen and oxygen atoms in total. The summed E-state index contributed by atoms with van der Waals surface area (Å²) in [7, 11) is 0. The molecule has 11 rings (SSSR count). The van der Waals surface area contributed by atoms with Crippen LogP contribution < -0.4 is 10.1 Å². The highest BCUT2D eigenvalue weighted by atomic mass is 16.7. The summed E-state index contributed by atoms with van der Waals surface area (Å²) in [6.07, 6.45) is -11.7. The van der Waals surface area contributed by atoms with Gasteiger partial charge in [-0.1, -0.05) is 190 Å². The summed E-state index contributed by atoms with van der Waals surface area (Å²) in [5.74, 6) is -4.12. The molecule has 7 aromatic carbocycles. The first-order valence-corrected chi connectivity index (χ1v) is 30.3. The lowest BCUT2D eigenvalue weighted by Crippen LogP contribution is -2.62. The first kappa shape index (κ1) is 63.6. The topological polar surface area (TPSA) is 233 Å². The third-order valence-corrected chi connectivity index (χ3v) is 15.4. The van der Waals surface area contributed by atoms with Crippen LogP contribution in [0.5, 0.6) is 5.88 Å². The molecule has 2 aliphatic heterocycles. The van der Waals surface area contributed by atoms with Crippen molar-refractivity contribution in [3.63, 3.8) is 0 Å². The van der Waals surface area contributed by atoms with E-state index in [-0.39, 0.29) is 85.0 Å². The quantitative estimate of drug-likeness (QED) is 0.0392. The summed E-state index contributed by atoms with van der Waals surface area (Å²) in [5.41, 5.74) is 3.85. The average Bonchev–Trinajstić information content (AvgIpc) is 1.57. The second-order valence-electron chi connectivity index (χ2n) is 22.4. The van der Waals surface area contributed by atoms with Crippen LogP contribution in [0.1, 0.15) is 86.2 Å². The fourth-order valence-corrected chi connectivity index (χ4v) is 10.8. The molecule has 9 atom stereocenters. The van der Waals surface area contributed by atoms with Gasteiger partial charge in [0, 0.05) is 19.3 Å². The number of imidazole rings is 1. The van der Waals surface area contributed by atoms with Gasteiger partial charge in [0.1, 0.15) is 43.5 Å². The molecule has 92 heavy (non-hydrogen) atoms. The average molecular weight is 1240 g/mol. The number of hydrogen-bond donors (Lipinski definition) is 1. The number of amides is 1. The van der Waals surface area contributed by atoms with E-state index < -0.39 is 97.4 Å². The van der Waals surface area contributed by atoms with Gasteiger partial charge in [0.25, 0.3) is 0 Å². The Balaban J connectivity index is 1.10. The maximum absolute atomic E-state index is 14.8. The van der Waals surface area contributed by atoms with Gasteiger partial charge in [0.2, 0.25) is 17.7 Å². The van der Waals surface area contributed by atoms with Gasteiger partial charge in [-0.25, -0.2) is 19.4 Å². The van der Waals surface area contributed by atoms with E-state index in [1.165, 1.54) is 6.92 Å². The molecule has 0 spiro atoms. The van der Waals surface area contributed by atoms with E-state index in [0.29, 0.717) is 0 Å². The summed E-state index contributed by atoms with van der Waals surface area (Å²) >= 11 is 0. The van der Waals surface area contributed by atoms with Crippen molar-refractivity contribution in [2.45, 2.75) is 109 Å². The number of ether oxygens (including phenoxy) is 10. The molecule has 0 aliphatic carbocycles. The molecule has 4 heterocycles. The molecule has 0 saturated carbocycles. The smallest absolute Gasteiger partial charge is 0.338 e. The SMILES string of the molecule is CC(=O)O[C@H]1[C@H](OCc2ccccc2)[C@@H](COCc2ccccc2)O[C@H](Cc2nc3c(OCc4ccccc4)nc(NC(=O)C(C)C)nc3n2[C@@H]2O[C@H](COC(=O)c3ccccc3)[C@@H](OC(=O)c3ccccc3)[C@H]2OC(=O)c2ccccc2)[C@H]1OCc1ccccc1. The summed E-state index contributed by atoms with van der Waals surface area (Å²) < 4.78 is 68.2. The number of benzene rings is 7. The summed E-state index contributed by atoms with van der Waals surface area (Å²) in [6.45, 7) is 4.42. The lowest BCUT2D eigenvalue weighted by molar-refractivity contribution is -0.265. The first-order chi connectivity index (χ1) is 44.9. The van der Waals surface area contributed by atoms with E-state index >= 15 is 0 Å². The maximum atomic E-state index is 14.8. The highest BCUT2D eigenvalue weighted by Gasteiger charge is 2.54. The Bertz CT molecular complexity index is 3890. The molecule has 472 valence electrons. The van der Waals surface area contributed by atoms with Crippen molar-refractivity contribution < 1.29 is 71.3 Å². The molecule has 0 radical (unpaired) electrons. The largest absolute Gasteiger partial charge is 0.471 e. The molecule has 9 aromatic rings. The summed E-state index contributed by atoms with van der Waals surface area (Å²) in [5, 5.41) is 2.83. The minimum absolute atomic E-state index is 0.0149. The second-order valence-corrected chi connectivity index (χ2v) is 22.4. The number of rotatable bonds is 26. The van der Waals surface area contributed by atoms with Crippen molar-refractivity contribution >= 4 is 46.9 Å². The van der Waals surface area contributed by atoms with Crippen LogP contribution in [-0.2, 0) is 85.1 Å². The minimum atomic E-state index is -1.61. The predicted molar refractivity (Wildman–Crippen MR) is 336 cm³/mol. The van der Waals surface area contributed by atoms with E-state index in [9.17, 15) is 24.0 Å². The number of nitrogens with zero attached hydrogens (tertiary/aromatic N) is 4. The number of fused-ring (bicyclic) bond motifs is 1. The zero-order valence-electron chi connectivity index (χ0n) is 50.8. The predicted octanol–water partition coefficient (Wildman–Crippen LogP) is 10.8. The molecular formula is C72H69N5O15. The first-order valence-electron chi connectivity index (χ1n) is 30.3. The van der Waals surface area contributed by atoms with E-state index in [0.717, 1.165) is 22.3 Å². The lowest BCUT2D eigenvalue weighted by atomic mass is 9.92. The Morgan fingerprint density at radius 1 is 0.478 bits per heavy atom. The van der Waals surface area contributed by atoms with E-state index in [1.54, 1.807) is 109 Å². The van der Waals surface area contributed by atoms with Crippen LogP contribution in [0.4, 0.5) is 5.95 Å². The van der Waals surface area contributed by atoms with Gasteiger partial charge < -0.3 is 47.4 Å². The van der Waals surface area contributed by atoms with Crippen LogP contribution >= 0.6 is 0 Å². The van der Waals surface area contributed by atoms with Crippen molar-refractivity contribution in [1.29, 1.82) is 0 Å². The number of nitrogens with one attached hydrogen (secondary N) is 1. The van der Waals surface area contributed by atoms with Crippen molar-refractivity contribution in [3.8, 4) is 5.88 Å². The highest BCUT2D eigenvalue weighted by Crippen LogP contribution is 2.41. The molecule has 2 fully saturated rings. The van der Waals surface area contributed by atoms with Crippen molar-refractivity contribution in [2.75, 3.05) is 18.5 Å². The number of esters is 4. The zero-order chi connectivity index (χ0) is 63.8. The van der Waals surface area contributed by atoms with Gasteiger partial charge in [-0.05, 0) is 58.7 Å². The number of carbonyl (C=O) groups is 5. The molecule has 1 N–H and O–H groups in total. The molecule has 2 aromatic heterocycles. The van der Waals surface area contributed by atoms with Crippen LogP contribution in [0, 0.1) is 5.92 Å². The number of carbonyl (C=O) groups excluding carboxylic acids is 5. The maximum Gasteiger partial charge on any atom is 0.338 e. The van der Waals surface area contributed by atoms with Crippen LogP contribution in [0.2, 0.25) is 0 Å². The monoisotopic (exact) mass is 1240 g/mol.